The van der Waals surface area contributed by atoms with Gasteiger partial charge >= 0.3 is 7.12 Å². The van der Waals surface area contributed by atoms with E-state index in [4.69, 9.17) is 14.5 Å². The molecule has 0 saturated carbocycles. The van der Waals surface area contributed by atoms with Crippen LogP contribution in [0.4, 0.5) is 4.39 Å². The molecule has 100 valence electrons. The third-order valence-corrected chi connectivity index (χ3v) is 2.80. The van der Waals surface area contributed by atoms with Crippen LogP contribution in [0.25, 0.3) is 0 Å². The summed E-state index contributed by atoms with van der Waals surface area (Å²) in [5.74, 6) is 0.222. The molecule has 1 heterocycles. The summed E-state index contributed by atoms with van der Waals surface area (Å²) in [6.45, 7) is 1.18. The number of hydrogen-bond donors (Lipinski definition) is 2. The summed E-state index contributed by atoms with van der Waals surface area (Å²) in [5, 5.41) is 18.1. The van der Waals surface area contributed by atoms with Gasteiger partial charge in [-0.25, -0.2) is 4.39 Å². The Morgan fingerprint density at radius 3 is 2.68 bits per heavy atom. The highest BCUT2D eigenvalue weighted by molar-refractivity contribution is 6.58. The van der Waals surface area contributed by atoms with Crippen LogP contribution < -0.4 is 5.46 Å². The number of benzene rings is 1. The van der Waals surface area contributed by atoms with Crippen LogP contribution in [0.5, 0.6) is 0 Å². The fourth-order valence-corrected chi connectivity index (χ4v) is 1.93. The van der Waals surface area contributed by atoms with Crippen molar-refractivity contribution in [1.82, 2.24) is 4.90 Å². The Morgan fingerprint density at radius 1 is 1.26 bits per heavy atom. The van der Waals surface area contributed by atoms with Crippen LogP contribution in [0.1, 0.15) is 11.3 Å². The fourth-order valence-electron chi connectivity index (χ4n) is 1.93. The Hall–Kier alpha value is -1.63. The van der Waals surface area contributed by atoms with Gasteiger partial charge in [0.2, 0.25) is 0 Å². The number of furan rings is 1. The predicted molar refractivity (Wildman–Crippen MR) is 70.1 cm³/mol. The molecule has 0 aliphatic carbocycles. The zero-order valence-corrected chi connectivity index (χ0v) is 10.6. The van der Waals surface area contributed by atoms with Gasteiger partial charge in [-0.1, -0.05) is 12.1 Å². The molecule has 1 aromatic heterocycles. The van der Waals surface area contributed by atoms with Crippen molar-refractivity contribution in [1.29, 1.82) is 0 Å². The quantitative estimate of drug-likeness (QED) is 0.781. The first-order valence-electron chi connectivity index (χ1n) is 5.91. The Bertz CT molecular complexity index is 531. The van der Waals surface area contributed by atoms with Gasteiger partial charge in [-0.05, 0) is 30.8 Å². The minimum absolute atomic E-state index is 0.108. The van der Waals surface area contributed by atoms with Gasteiger partial charge in [0.15, 0.2) is 0 Å². The molecule has 0 unspecified atom stereocenters. The molecule has 19 heavy (non-hydrogen) atoms. The molecule has 0 atom stereocenters. The normalized spacial score (nSPS) is 11.0. The average molecular weight is 263 g/mol. The van der Waals surface area contributed by atoms with Crippen LogP contribution in [0.3, 0.4) is 0 Å². The molecule has 0 fully saturated rings. The first-order chi connectivity index (χ1) is 9.06. The Balaban J connectivity index is 2.04. The molecule has 0 bridgehead atoms. The lowest BCUT2D eigenvalue weighted by Crippen LogP contribution is -2.33. The molecule has 1 aromatic carbocycles. The van der Waals surface area contributed by atoms with Gasteiger partial charge in [-0.15, -0.1) is 0 Å². The molecule has 0 spiro atoms. The molecule has 0 saturated heterocycles. The van der Waals surface area contributed by atoms with E-state index < -0.39 is 12.9 Å². The second-order valence-corrected chi connectivity index (χ2v) is 4.48. The fraction of sp³-hybridized carbons (Fsp3) is 0.231. The molecule has 2 N–H and O–H groups in total. The van der Waals surface area contributed by atoms with Crippen LogP contribution in [-0.2, 0) is 13.1 Å². The van der Waals surface area contributed by atoms with E-state index in [2.05, 4.69) is 0 Å². The maximum absolute atomic E-state index is 13.3. The van der Waals surface area contributed by atoms with Crippen molar-refractivity contribution < 1.29 is 18.9 Å². The molecular formula is C13H15BFNO3. The average Bonchev–Trinajstić information content (AvgIpc) is 2.84. The molecule has 2 aromatic rings. The smallest absolute Gasteiger partial charge is 0.468 e. The van der Waals surface area contributed by atoms with Gasteiger partial charge < -0.3 is 14.5 Å². The summed E-state index contributed by atoms with van der Waals surface area (Å²) in [6.07, 6.45) is 1.61. The van der Waals surface area contributed by atoms with E-state index in [0.717, 1.165) is 11.3 Å². The molecule has 2 rings (SSSR count). The van der Waals surface area contributed by atoms with Crippen LogP contribution in [0.15, 0.2) is 41.0 Å². The third-order valence-electron chi connectivity index (χ3n) is 2.80. The van der Waals surface area contributed by atoms with Gasteiger partial charge in [0.1, 0.15) is 11.6 Å². The van der Waals surface area contributed by atoms with E-state index in [1.54, 1.807) is 12.3 Å². The van der Waals surface area contributed by atoms with E-state index in [9.17, 15) is 4.39 Å². The lowest BCUT2D eigenvalue weighted by Gasteiger charge is -2.16. The van der Waals surface area contributed by atoms with Crippen molar-refractivity contribution >= 4 is 12.6 Å². The maximum atomic E-state index is 13.3. The van der Waals surface area contributed by atoms with Gasteiger partial charge in [0.25, 0.3) is 0 Å². The lowest BCUT2D eigenvalue weighted by molar-refractivity contribution is 0.288. The Morgan fingerprint density at radius 2 is 2.05 bits per heavy atom. The second-order valence-electron chi connectivity index (χ2n) is 4.48. The van der Waals surface area contributed by atoms with Crippen molar-refractivity contribution in [2.75, 3.05) is 7.05 Å². The zero-order valence-electron chi connectivity index (χ0n) is 10.6. The van der Waals surface area contributed by atoms with Crippen molar-refractivity contribution in [2.45, 2.75) is 13.1 Å². The standard InChI is InChI=1S/C13H15BFNO3/c1-16(9-11-3-2-6-19-11)8-10-4-5-13(15)12(7-10)14(17)18/h2-7,17-18H,8-9H2,1H3. The summed E-state index contributed by atoms with van der Waals surface area (Å²) in [4.78, 5) is 1.99. The minimum atomic E-state index is -1.80. The Labute approximate surface area is 111 Å². The highest BCUT2D eigenvalue weighted by atomic mass is 19.1. The summed E-state index contributed by atoms with van der Waals surface area (Å²) in [6, 6.07) is 8.02. The molecule has 0 amide bonds. The van der Waals surface area contributed by atoms with E-state index in [1.807, 2.05) is 24.1 Å². The van der Waals surface area contributed by atoms with Crippen LogP contribution in [0, 0.1) is 5.82 Å². The Kier molecular flexibility index (Phi) is 4.37. The first-order valence-corrected chi connectivity index (χ1v) is 5.91. The van der Waals surface area contributed by atoms with E-state index in [-0.39, 0.29) is 5.46 Å². The van der Waals surface area contributed by atoms with Gasteiger partial charge in [0, 0.05) is 12.0 Å². The van der Waals surface area contributed by atoms with Gasteiger partial charge in [-0.3, -0.25) is 4.90 Å². The first kappa shape index (κ1) is 13.8. The highest BCUT2D eigenvalue weighted by Crippen LogP contribution is 2.09. The van der Waals surface area contributed by atoms with Crippen LogP contribution in [-0.4, -0.2) is 29.1 Å². The van der Waals surface area contributed by atoms with E-state index >= 15 is 0 Å². The van der Waals surface area contributed by atoms with E-state index in [1.165, 1.54) is 12.1 Å². The summed E-state index contributed by atoms with van der Waals surface area (Å²) >= 11 is 0. The van der Waals surface area contributed by atoms with Crippen LogP contribution in [0.2, 0.25) is 0 Å². The monoisotopic (exact) mass is 263 g/mol. The number of hydrogen-bond acceptors (Lipinski definition) is 4. The lowest BCUT2D eigenvalue weighted by atomic mass is 9.79. The summed E-state index contributed by atoms with van der Waals surface area (Å²) in [7, 11) is 0.108. The van der Waals surface area contributed by atoms with Crippen molar-refractivity contribution in [3.8, 4) is 0 Å². The van der Waals surface area contributed by atoms with Gasteiger partial charge in [0.05, 0.1) is 12.8 Å². The molecule has 0 aliphatic heterocycles. The van der Waals surface area contributed by atoms with E-state index in [0.29, 0.717) is 13.1 Å². The minimum Gasteiger partial charge on any atom is -0.468 e. The second kappa shape index (κ2) is 6.01. The van der Waals surface area contributed by atoms with Crippen molar-refractivity contribution in [2.24, 2.45) is 0 Å². The van der Waals surface area contributed by atoms with Gasteiger partial charge in [-0.2, -0.15) is 0 Å². The zero-order chi connectivity index (χ0) is 13.8. The predicted octanol–water partition coefficient (Wildman–Crippen LogP) is 0.731. The molecular weight excluding hydrogens is 248 g/mol. The number of nitrogens with zero attached hydrogens (tertiary/aromatic N) is 1. The number of halogens is 1. The SMILES string of the molecule is CN(Cc1ccc(F)c(B(O)O)c1)Cc1ccco1. The van der Waals surface area contributed by atoms with Crippen LogP contribution >= 0.6 is 0 Å². The molecule has 0 radical (unpaired) electrons. The third kappa shape index (κ3) is 3.67. The molecule has 6 heteroatoms. The molecule has 0 aliphatic rings. The molecule has 4 nitrogen and oxygen atoms in total. The summed E-state index contributed by atoms with van der Waals surface area (Å²) < 4.78 is 18.6. The van der Waals surface area contributed by atoms with Crippen molar-refractivity contribution in [3.63, 3.8) is 0 Å². The number of rotatable bonds is 5. The summed E-state index contributed by atoms with van der Waals surface area (Å²) in [5.41, 5.74) is 0.697. The highest BCUT2D eigenvalue weighted by Gasteiger charge is 2.17. The topological polar surface area (TPSA) is 56.8 Å². The van der Waals surface area contributed by atoms with Crippen molar-refractivity contribution in [3.05, 3.63) is 53.7 Å². The maximum Gasteiger partial charge on any atom is 0.491 e. The largest absolute Gasteiger partial charge is 0.491 e.